The van der Waals surface area contributed by atoms with Crippen molar-refractivity contribution in [2.45, 2.75) is 13.5 Å². The van der Waals surface area contributed by atoms with Crippen molar-refractivity contribution in [2.75, 3.05) is 37.7 Å². The molecule has 7 heteroatoms. The highest BCUT2D eigenvalue weighted by molar-refractivity contribution is 5.94. The average Bonchev–Trinajstić information content (AvgIpc) is 2.73. The molecule has 2 heterocycles. The zero-order valence-electron chi connectivity index (χ0n) is 15.4. The number of hydrogen-bond donors (Lipinski definition) is 1. The summed E-state index contributed by atoms with van der Waals surface area (Å²) in [5.74, 6) is -0.154. The molecule has 1 aliphatic rings. The molecule has 0 radical (unpaired) electrons. The zero-order chi connectivity index (χ0) is 19.1. The number of anilines is 1. The van der Waals surface area contributed by atoms with Crippen molar-refractivity contribution in [1.82, 2.24) is 15.2 Å². The number of nitrogens with one attached hydrogen (secondary N) is 1. The molecule has 0 bridgehead atoms. The Balaban J connectivity index is 1.57. The Hall–Kier alpha value is -3.09. The van der Waals surface area contributed by atoms with Gasteiger partial charge in [0, 0.05) is 38.9 Å². The van der Waals surface area contributed by atoms with Crippen LogP contribution in [0.2, 0.25) is 0 Å². The predicted octanol–water partition coefficient (Wildman–Crippen LogP) is 2.29. The van der Waals surface area contributed by atoms with Crippen LogP contribution in [0.5, 0.6) is 0 Å². The summed E-state index contributed by atoms with van der Waals surface area (Å²) in [4.78, 5) is 32.3. The minimum atomic E-state index is -0.274. The van der Waals surface area contributed by atoms with E-state index in [2.05, 4.69) is 15.2 Å². The van der Waals surface area contributed by atoms with Gasteiger partial charge >= 0.3 is 6.09 Å². The normalized spacial score (nSPS) is 14.0. The van der Waals surface area contributed by atoms with Crippen LogP contribution in [-0.4, -0.2) is 54.7 Å². The van der Waals surface area contributed by atoms with Crippen molar-refractivity contribution < 1.29 is 14.3 Å². The summed E-state index contributed by atoms with van der Waals surface area (Å²) in [6, 6.07) is 11.6. The monoisotopic (exact) mass is 368 g/mol. The Bertz CT molecular complexity index is 774. The minimum Gasteiger partial charge on any atom is -0.450 e. The van der Waals surface area contributed by atoms with Crippen LogP contribution >= 0.6 is 0 Å². The molecular formula is C20H24N4O3. The van der Waals surface area contributed by atoms with Crippen molar-refractivity contribution in [3.05, 3.63) is 59.9 Å². The van der Waals surface area contributed by atoms with E-state index in [1.807, 2.05) is 36.4 Å². The topological polar surface area (TPSA) is 74.8 Å². The Morgan fingerprint density at radius 1 is 1.11 bits per heavy atom. The van der Waals surface area contributed by atoms with Gasteiger partial charge in [-0.25, -0.2) is 4.79 Å². The number of carbonyl (C=O) groups is 2. The van der Waals surface area contributed by atoms with Gasteiger partial charge in [-0.15, -0.1) is 0 Å². The highest BCUT2D eigenvalue weighted by atomic mass is 16.6. The molecule has 1 aromatic carbocycles. The van der Waals surface area contributed by atoms with E-state index >= 15 is 0 Å². The fourth-order valence-corrected chi connectivity index (χ4v) is 2.97. The molecule has 2 aromatic rings. The van der Waals surface area contributed by atoms with Crippen molar-refractivity contribution in [3.63, 3.8) is 0 Å². The number of carbonyl (C=O) groups excluding carboxylic acids is 2. The van der Waals surface area contributed by atoms with Gasteiger partial charge in [-0.05, 0) is 18.6 Å². The summed E-state index contributed by atoms with van der Waals surface area (Å²) < 4.78 is 5.04. The van der Waals surface area contributed by atoms with E-state index in [-0.39, 0.29) is 12.0 Å². The fraction of sp³-hybridized carbons (Fsp3) is 0.350. The third-order valence-electron chi connectivity index (χ3n) is 4.45. The molecular weight excluding hydrogens is 344 g/mol. The summed E-state index contributed by atoms with van der Waals surface area (Å²) in [6.45, 7) is 5.18. The molecule has 0 saturated carbocycles. The second-order valence-electron chi connectivity index (χ2n) is 6.27. The van der Waals surface area contributed by atoms with Gasteiger partial charge < -0.3 is 19.9 Å². The lowest BCUT2D eigenvalue weighted by atomic mass is 10.2. The molecule has 0 unspecified atom stereocenters. The molecule has 0 spiro atoms. The molecule has 1 N–H and O–H groups in total. The maximum atomic E-state index is 12.4. The van der Waals surface area contributed by atoms with Gasteiger partial charge in [-0.2, -0.15) is 0 Å². The molecule has 1 aromatic heterocycles. The molecule has 27 heavy (non-hydrogen) atoms. The van der Waals surface area contributed by atoms with Crippen molar-refractivity contribution >= 4 is 17.7 Å². The highest BCUT2D eigenvalue weighted by Gasteiger charge is 2.22. The first-order valence-corrected chi connectivity index (χ1v) is 9.11. The number of hydrogen-bond acceptors (Lipinski definition) is 5. The zero-order valence-corrected chi connectivity index (χ0v) is 15.4. The van der Waals surface area contributed by atoms with Crippen molar-refractivity contribution in [3.8, 4) is 0 Å². The summed E-state index contributed by atoms with van der Waals surface area (Å²) in [7, 11) is 0. The van der Waals surface area contributed by atoms with Gasteiger partial charge in [0.25, 0.3) is 5.91 Å². The molecule has 2 amide bonds. The van der Waals surface area contributed by atoms with Crippen LogP contribution in [0.25, 0.3) is 0 Å². The fourth-order valence-electron chi connectivity index (χ4n) is 2.97. The van der Waals surface area contributed by atoms with E-state index in [1.165, 1.54) is 0 Å². The number of benzene rings is 1. The molecule has 1 saturated heterocycles. The quantitative estimate of drug-likeness (QED) is 0.876. The van der Waals surface area contributed by atoms with Crippen LogP contribution < -0.4 is 10.2 Å². The lowest BCUT2D eigenvalue weighted by Gasteiger charge is -2.35. The lowest BCUT2D eigenvalue weighted by Crippen LogP contribution is -2.49. The number of aromatic nitrogens is 1. The molecule has 3 rings (SSSR count). The second-order valence-corrected chi connectivity index (χ2v) is 6.27. The van der Waals surface area contributed by atoms with Gasteiger partial charge in [0.15, 0.2) is 0 Å². The Kier molecular flexibility index (Phi) is 6.25. The molecule has 1 aliphatic heterocycles. The smallest absolute Gasteiger partial charge is 0.409 e. The van der Waals surface area contributed by atoms with Crippen LogP contribution in [0.15, 0.2) is 48.8 Å². The number of pyridine rings is 1. The van der Waals surface area contributed by atoms with Gasteiger partial charge in [-0.1, -0.05) is 30.3 Å². The SMILES string of the molecule is CCOC(=O)N1CCN(c2cncc(C(=O)NCc3ccccc3)c2)CC1. The number of ether oxygens (including phenoxy) is 1. The van der Waals surface area contributed by atoms with E-state index < -0.39 is 0 Å². The maximum absolute atomic E-state index is 12.4. The van der Waals surface area contributed by atoms with Gasteiger partial charge in [0.05, 0.1) is 24.1 Å². The van der Waals surface area contributed by atoms with E-state index in [0.29, 0.717) is 44.9 Å². The molecule has 7 nitrogen and oxygen atoms in total. The van der Waals surface area contributed by atoms with Crippen LogP contribution in [0.1, 0.15) is 22.8 Å². The van der Waals surface area contributed by atoms with E-state index in [9.17, 15) is 9.59 Å². The van der Waals surface area contributed by atoms with E-state index in [0.717, 1.165) is 11.3 Å². The number of amides is 2. The maximum Gasteiger partial charge on any atom is 0.409 e. The first kappa shape index (κ1) is 18.7. The van der Waals surface area contributed by atoms with Crippen molar-refractivity contribution in [2.24, 2.45) is 0 Å². The van der Waals surface area contributed by atoms with E-state index in [1.54, 1.807) is 24.2 Å². The number of nitrogens with zero attached hydrogens (tertiary/aromatic N) is 3. The Morgan fingerprint density at radius 3 is 2.56 bits per heavy atom. The summed E-state index contributed by atoms with van der Waals surface area (Å²) in [6.07, 6.45) is 3.04. The lowest BCUT2D eigenvalue weighted by molar-refractivity contribution is 0.0950. The van der Waals surface area contributed by atoms with Gasteiger partial charge in [0.1, 0.15) is 0 Å². The van der Waals surface area contributed by atoms with Crippen LogP contribution in [0.4, 0.5) is 10.5 Å². The first-order valence-electron chi connectivity index (χ1n) is 9.11. The molecule has 142 valence electrons. The highest BCUT2D eigenvalue weighted by Crippen LogP contribution is 2.17. The molecule has 0 aliphatic carbocycles. The first-order chi connectivity index (χ1) is 13.2. The third kappa shape index (κ3) is 4.97. The van der Waals surface area contributed by atoms with Crippen LogP contribution in [0.3, 0.4) is 0 Å². The van der Waals surface area contributed by atoms with E-state index in [4.69, 9.17) is 4.74 Å². The van der Waals surface area contributed by atoms with Gasteiger partial charge in [-0.3, -0.25) is 9.78 Å². The van der Waals surface area contributed by atoms with Crippen molar-refractivity contribution in [1.29, 1.82) is 0 Å². The predicted molar refractivity (Wildman–Crippen MR) is 103 cm³/mol. The van der Waals surface area contributed by atoms with Crippen LogP contribution in [-0.2, 0) is 11.3 Å². The Labute approximate surface area is 158 Å². The number of piperazine rings is 1. The number of rotatable bonds is 5. The molecule has 1 fully saturated rings. The summed E-state index contributed by atoms with van der Waals surface area (Å²) in [5.41, 5.74) is 2.45. The summed E-state index contributed by atoms with van der Waals surface area (Å²) in [5, 5.41) is 2.91. The minimum absolute atomic E-state index is 0.154. The largest absolute Gasteiger partial charge is 0.450 e. The second kappa shape index (κ2) is 9.02. The molecule has 0 atom stereocenters. The average molecular weight is 368 g/mol. The van der Waals surface area contributed by atoms with Crippen LogP contribution in [0, 0.1) is 0 Å². The standard InChI is InChI=1S/C20H24N4O3/c1-2-27-20(26)24-10-8-23(9-11-24)18-12-17(14-21-15-18)19(25)22-13-16-6-4-3-5-7-16/h3-7,12,14-15H,2,8-11,13H2,1H3,(H,22,25). The summed E-state index contributed by atoms with van der Waals surface area (Å²) >= 11 is 0. The third-order valence-corrected chi connectivity index (χ3v) is 4.45. The van der Waals surface area contributed by atoms with Gasteiger partial charge in [0.2, 0.25) is 0 Å². The Morgan fingerprint density at radius 2 is 1.85 bits per heavy atom.